The molecule has 5 heteroatoms. The van der Waals surface area contributed by atoms with E-state index in [-0.39, 0.29) is 17.1 Å². The van der Waals surface area contributed by atoms with Gasteiger partial charge in [-0.2, -0.15) is 0 Å². The number of ketones is 1. The second-order valence-electron chi connectivity index (χ2n) is 7.76. The minimum absolute atomic E-state index is 0.00963. The van der Waals surface area contributed by atoms with Gasteiger partial charge in [0.05, 0.1) is 19.1 Å². The van der Waals surface area contributed by atoms with Crippen molar-refractivity contribution < 1.29 is 19.4 Å². The number of carbonyl (C=O) groups is 1. The second-order valence-corrected chi connectivity index (χ2v) is 7.76. The Morgan fingerprint density at radius 2 is 2.36 bits per heavy atom. The molecule has 0 aromatic heterocycles. The maximum atomic E-state index is 13.3. The number of carbonyl (C=O) groups excluding carboxylic acids is 1. The smallest absolute Gasteiger partial charge is 0.180 e. The number of hydrogen-bond donors (Lipinski definition) is 2. The third kappa shape index (κ3) is 1.73. The molecule has 132 valence electrons. The Balaban J connectivity index is 1.73. The lowest BCUT2D eigenvalue weighted by Gasteiger charge is -2.56. The van der Waals surface area contributed by atoms with Gasteiger partial charge in [-0.3, -0.25) is 4.79 Å². The van der Waals surface area contributed by atoms with Gasteiger partial charge in [0.1, 0.15) is 0 Å². The van der Waals surface area contributed by atoms with Crippen LogP contribution in [0, 0.1) is 11.8 Å². The molecule has 0 amide bonds. The number of aliphatic hydroxyl groups excluding tert-OH is 1. The molecule has 2 N–H and O–H groups in total. The molecule has 3 unspecified atom stereocenters. The fraction of sp³-hybridized carbons (Fsp3) is 0.550. The van der Waals surface area contributed by atoms with Crippen molar-refractivity contribution in [3.8, 4) is 11.5 Å². The third-order valence-electron chi connectivity index (χ3n) is 6.91. The summed E-state index contributed by atoms with van der Waals surface area (Å²) in [5.41, 5.74) is 2.18. The van der Waals surface area contributed by atoms with Gasteiger partial charge >= 0.3 is 0 Å². The van der Waals surface area contributed by atoms with Crippen LogP contribution in [0.2, 0.25) is 0 Å². The van der Waals surface area contributed by atoms with Crippen molar-refractivity contribution in [3.05, 3.63) is 35.9 Å². The summed E-state index contributed by atoms with van der Waals surface area (Å²) in [5, 5.41) is 14.0. The molecule has 6 atom stereocenters. The quantitative estimate of drug-likeness (QED) is 0.813. The van der Waals surface area contributed by atoms with E-state index >= 15 is 0 Å². The summed E-state index contributed by atoms with van der Waals surface area (Å²) >= 11 is 0. The average molecular weight is 341 g/mol. The minimum Gasteiger partial charge on any atom is -0.493 e. The van der Waals surface area contributed by atoms with Crippen LogP contribution in [0.25, 0.3) is 0 Å². The van der Waals surface area contributed by atoms with Crippen molar-refractivity contribution in [2.45, 2.75) is 42.9 Å². The molecule has 2 aliphatic carbocycles. The lowest BCUT2D eigenvalue weighted by atomic mass is 9.50. The molecule has 2 fully saturated rings. The van der Waals surface area contributed by atoms with Crippen LogP contribution in [0.3, 0.4) is 0 Å². The third-order valence-corrected chi connectivity index (χ3v) is 6.91. The van der Waals surface area contributed by atoms with Gasteiger partial charge in [0.2, 0.25) is 0 Å². The van der Waals surface area contributed by atoms with E-state index in [1.165, 1.54) is 17.2 Å². The van der Waals surface area contributed by atoms with E-state index in [1.807, 2.05) is 6.07 Å². The Kier molecular flexibility index (Phi) is 3.13. The van der Waals surface area contributed by atoms with Crippen LogP contribution in [0.15, 0.2) is 24.8 Å². The standard InChI is InChI=1S/C20H23NO4/c1-3-14(22)11-9-12-13-8-10-4-5-15(24-2)18-16(10)20(12,6-7-21-13)19(25-18)17(11)23/h3-5,11-14,19,21-22H,1,6-9H2,2H3/t11?,12-,13+,14?,19?,20-/m0/s1. The Morgan fingerprint density at radius 3 is 3.12 bits per heavy atom. The normalized spacial score (nSPS) is 38.6. The van der Waals surface area contributed by atoms with Gasteiger partial charge in [-0.15, -0.1) is 6.58 Å². The van der Waals surface area contributed by atoms with Crippen LogP contribution in [-0.2, 0) is 16.6 Å². The van der Waals surface area contributed by atoms with Crippen molar-refractivity contribution in [2.24, 2.45) is 11.8 Å². The molecule has 2 heterocycles. The summed E-state index contributed by atoms with van der Waals surface area (Å²) in [6, 6.07) is 4.38. The van der Waals surface area contributed by atoms with E-state index < -0.39 is 18.1 Å². The zero-order valence-electron chi connectivity index (χ0n) is 14.3. The highest BCUT2D eigenvalue weighted by atomic mass is 16.5. The minimum atomic E-state index is -0.818. The predicted molar refractivity (Wildman–Crippen MR) is 92.0 cm³/mol. The summed E-state index contributed by atoms with van der Waals surface area (Å²) in [6.07, 6.45) is 2.62. The molecule has 1 saturated carbocycles. The Labute approximate surface area is 147 Å². The van der Waals surface area contributed by atoms with E-state index in [9.17, 15) is 9.90 Å². The molecule has 4 aliphatic rings. The highest BCUT2D eigenvalue weighted by Crippen LogP contribution is 2.62. The van der Waals surface area contributed by atoms with Crippen molar-refractivity contribution in [2.75, 3.05) is 13.7 Å². The van der Waals surface area contributed by atoms with Crippen LogP contribution >= 0.6 is 0 Å². The molecule has 2 bridgehead atoms. The number of Topliss-reactive ketones (excluding diaryl/α,β-unsaturated/α-hetero) is 1. The van der Waals surface area contributed by atoms with Crippen LogP contribution in [0.4, 0.5) is 0 Å². The summed E-state index contributed by atoms with van der Waals surface area (Å²) in [4.78, 5) is 13.3. The number of ether oxygens (including phenoxy) is 2. The Morgan fingerprint density at radius 1 is 1.52 bits per heavy atom. The second kappa shape index (κ2) is 5.08. The summed E-state index contributed by atoms with van der Waals surface area (Å²) in [7, 11) is 1.64. The van der Waals surface area contributed by atoms with E-state index in [1.54, 1.807) is 7.11 Å². The number of hydrogen-bond acceptors (Lipinski definition) is 5. The topological polar surface area (TPSA) is 67.8 Å². The molecule has 25 heavy (non-hydrogen) atoms. The van der Waals surface area contributed by atoms with E-state index in [2.05, 4.69) is 18.0 Å². The lowest BCUT2D eigenvalue weighted by molar-refractivity contribution is -0.145. The number of piperidine rings is 1. The summed E-state index contributed by atoms with van der Waals surface area (Å²) in [5.74, 6) is 1.30. The van der Waals surface area contributed by atoms with Crippen molar-refractivity contribution in [3.63, 3.8) is 0 Å². The first-order valence-corrected chi connectivity index (χ1v) is 9.06. The van der Waals surface area contributed by atoms with Crippen molar-refractivity contribution in [1.29, 1.82) is 0 Å². The van der Waals surface area contributed by atoms with Gasteiger partial charge in [-0.1, -0.05) is 12.1 Å². The fourth-order valence-corrected chi connectivity index (χ4v) is 5.90. The predicted octanol–water partition coefficient (Wildman–Crippen LogP) is 1.36. The van der Waals surface area contributed by atoms with Gasteiger partial charge < -0.3 is 19.9 Å². The molecule has 1 saturated heterocycles. The Bertz CT molecular complexity index is 775. The molecule has 0 radical (unpaired) electrons. The first kappa shape index (κ1) is 15.4. The van der Waals surface area contributed by atoms with Gasteiger partial charge in [-0.05, 0) is 43.4 Å². The summed E-state index contributed by atoms with van der Waals surface area (Å²) in [6.45, 7) is 4.57. The molecule has 1 aromatic rings. The molecule has 2 aliphatic heterocycles. The van der Waals surface area contributed by atoms with Gasteiger partial charge in [0.15, 0.2) is 23.4 Å². The number of rotatable bonds is 3. The SMILES string of the molecule is C=CC(O)C1C[C@H]2[C@H]3Cc4ccc(OC)c5c4[C@@]2(CCN3)C(O5)C1=O. The molecule has 5 rings (SSSR count). The number of methoxy groups -OCH3 is 1. The van der Waals surface area contributed by atoms with Gasteiger partial charge in [0.25, 0.3) is 0 Å². The largest absolute Gasteiger partial charge is 0.493 e. The number of nitrogens with one attached hydrogen (secondary N) is 1. The van der Waals surface area contributed by atoms with E-state index in [4.69, 9.17) is 9.47 Å². The van der Waals surface area contributed by atoms with Crippen LogP contribution in [-0.4, -0.2) is 42.8 Å². The molecule has 5 nitrogen and oxygen atoms in total. The highest BCUT2D eigenvalue weighted by Gasteiger charge is 2.67. The maximum absolute atomic E-state index is 13.3. The van der Waals surface area contributed by atoms with Crippen LogP contribution < -0.4 is 14.8 Å². The number of benzene rings is 1. The highest BCUT2D eigenvalue weighted by molar-refractivity contribution is 5.91. The van der Waals surface area contributed by atoms with Crippen LogP contribution in [0.5, 0.6) is 11.5 Å². The van der Waals surface area contributed by atoms with Crippen molar-refractivity contribution in [1.82, 2.24) is 5.32 Å². The fourth-order valence-electron chi connectivity index (χ4n) is 5.90. The first-order valence-electron chi connectivity index (χ1n) is 9.06. The summed E-state index contributed by atoms with van der Waals surface area (Å²) < 4.78 is 11.8. The molecule has 1 aromatic carbocycles. The van der Waals surface area contributed by atoms with Gasteiger partial charge in [-0.25, -0.2) is 0 Å². The zero-order valence-corrected chi connectivity index (χ0v) is 14.3. The number of aliphatic hydroxyl groups is 1. The Hall–Kier alpha value is -1.85. The molecular formula is C20H23NO4. The first-order chi connectivity index (χ1) is 12.1. The molecular weight excluding hydrogens is 318 g/mol. The van der Waals surface area contributed by atoms with Crippen molar-refractivity contribution >= 4 is 5.78 Å². The van der Waals surface area contributed by atoms with Gasteiger partial charge in [0, 0.05) is 17.0 Å². The zero-order chi connectivity index (χ0) is 17.3. The molecule has 1 spiro atoms. The maximum Gasteiger partial charge on any atom is 0.180 e. The van der Waals surface area contributed by atoms with Crippen LogP contribution in [0.1, 0.15) is 24.0 Å². The van der Waals surface area contributed by atoms with E-state index in [0.29, 0.717) is 18.2 Å². The monoisotopic (exact) mass is 341 g/mol. The van der Waals surface area contributed by atoms with E-state index in [0.717, 1.165) is 25.1 Å². The lowest BCUT2D eigenvalue weighted by Crippen LogP contribution is -2.67. The average Bonchev–Trinajstić information content (AvgIpc) is 2.96.